The van der Waals surface area contributed by atoms with Gasteiger partial charge in [-0.3, -0.25) is 19.6 Å². The van der Waals surface area contributed by atoms with Crippen LogP contribution >= 0.6 is 0 Å². The third-order valence-electron chi connectivity index (χ3n) is 4.35. The van der Waals surface area contributed by atoms with E-state index in [1.807, 2.05) is 0 Å². The number of carbonyl (C=O) groups is 1. The zero-order chi connectivity index (χ0) is 16.6. The Hall–Kier alpha value is -2.24. The van der Waals surface area contributed by atoms with Crippen LogP contribution in [0.5, 0.6) is 0 Å². The highest BCUT2D eigenvalue weighted by atomic mass is 16.1. The monoisotopic (exact) mass is 324 g/mol. The summed E-state index contributed by atoms with van der Waals surface area (Å²) in [5.41, 5.74) is 1.99. The maximum Gasteiger partial charge on any atom is 0.252 e. The summed E-state index contributed by atoms with van der Waals surface area (Å²) in [6, 6.07) is 14.2. The molecule has 1 aliphatic heterocycles. The Morgan fingerprint density at radius 1 is 1.00 bits per heavy atom. The van der Waals surface area contributed by atoms with Gasteiger partial charge in [0.2, 0.25) is 0 Å². The summed E-state index contributed by atoms with van der Waals surface area (Å²) in [6.45, 7) is 6.84. The number of nitrogens with one attached hydrogen (secondary N) is 1. The lowest BCUT2D eigenvalue weighted by molar-refractivity contribution is 0.0934. The summed E-state index contributed by atoms with van der Waals surface area (Å²) < 4.78 is 0. The fourth-order valence-electron chi connectivity index (χ4n) is 2.94. The molecule has 5 nitrogen and oxygen atoms in total. The molecule has 1 fully saturated rings. The van der Waals surface area contributed by atoms with E-state index in [1.165, 1.54) is 5.56 Å². The van der Waals surface area contributed by atoms with Gasteiger partial charge >= 0.3 is 0 Å². The van der Waals surface area contributed by atoms with Crippen molar-refractivity contribution in [2.75, 3.05) is 39.3 Å². The van der Waals surface area contributed by atoms with Gasteiger partial charge in [0.25, 0.3) is 5.91 Å². The number of benzene rings is 1. The molecule has 5 heteroatoms. The predicted molar refractivity (Wildman–Crippen MR) is 94.7 cm³/mol. The van der Waals surface area contributed by atoms with Crippen LogP contribution in [0.15, 0.2) is 54.9 Å². The van der Waals surface area contributed by atoms with Crippen LogP contribution in [0.2, 0.25) is 0 Å². The lowest BCUT2D eigenvalue weighted by Gasteiger charge is -2.34. The first-order chi connectivity index (χ1) is 11.8. The average molecular weight is 324 g/mol. The summed E-state index contributed by atoms with van der Waals surface area (Å²) in [6.07, 6.45) is 3.27. The zero-order valence-electron chi connectivity index (χ0n) is 13.9. The second-order valence-electron chi connectivity index (χ2n) is 6.10. The molecule has 24 heavy (non-hydrogen) atoms. The molecule has 0 bridgehead atoms. The summed E-state index contributed by atoms with van der Waals surface area (Å²) in [4.78, 5) is 20.8. The molecule has 1 N–H and O–H groups in total. The molecular formula is C19H24N4O. The Labute approximate surface area is 143 Å². The molecule has 3 rings (SSSR count). The van der Waals surface area contributed by atoms with E-state index in [9.17, 15) is 4.79 Å². The lowest BCUT2D eigenvalue weighted by atomic mass is 10.2. The third kappa shape index (κ3) is 4.88. The van der Waals surface area contributed by atoms with Gasteiger partial charge in [-0.2, -0.15) is 0 Å². The first-order valence-electron chi connectivity index (χ1n) is 8.48. The summed E-state index contributed by atoms with van der Waals surface area (Å²) in [7, 11) is 0. The van der Waals surface area contributed by atoms with Crippen molar-refractivity contribution in [1.29, 1.82) is 0 Å². The van der Waals surface area contributed by atoms with Crippen LogP contribution in [0.25, 0.3) is 0 Å². The molecule has 1 saturated heterocycles. The molecule has 1 aliphatic rings. The predicted octanol–water partition coefficient (Wildman–Crippen LogP) is 1.63. The quantitative estimate of drug-likeness (QED) is 0.877. The van der Waals surface area contributed by atoms with Crippen molar-refractivity contribution < 1.29 is 4.79 Å². The molecular weight excluding hydrogens is 300 g/mol. The maximum atomic E-state index is 12.0. The van der Waals surface area contributed by atoms with Gasteiger partial charge in [-0.05, 0) is 17.7 Å². The minimum Gasteiger partial charge on any atom is -0.351 e. The number of aromatic nitrogens is 1. The molecule has 0 radical (unpaired) electrons. The highest BCUT2D eigenvalue weighted by molar-refractivity contribution is 5.93. The molecule has 1 aromatic heterocycles. The van der Waals surface area contributed by atoms with E-state index in [-0.39, 0.29) is 5.91 Å². The summed E-state index contributed by atoms with van der Waals surface area (Å²) >= 11 is 0. The van der Waals surface area contributed by atoms with Crippen LogP contribution in [0.1, 0.15) is 15.9 Å². The van der Waals surface area contributed by atoms with Gasteiger partial charge in [-0.1, -0.05) is 30.3 Å². The number of hydrogen-bond acceptors (Lipinski definition) is 4. The van der Waals surface area contributed by atoms with E-state index in [0.29, 0.717) is 12.1 Å². The second kappa shape index (κ2) is 8.57. The molecule has 0 spiro atoms. The number of amides is 1. The Morgan fingerprint density at radius 2 is 1.75 bits per heavy atom. The topological polar surface area (TPSA) is 48.5 Å². The number of rotatable bonds is 6. The first-order valence-corrected chi connectivity index (χ1v) is 8.48. The van der Waals surface area contributed by atoms with Crippen molar-refractivity contribution in [2.24, 2.45) is 0 Å². The van der Waals surface area contributed by atoms with E-state index in [4.69, 9.17) is 0 Å². The van der Waals surface area contributed by atoms with E-state index in [2.05, 4.69) is 50.4 Å². The normalized spacial score (nSPS) is 16.0. The van der Waals surface area contributed by atoms with Crippen molar-refractivity contribution in [3.8, 4) is 0 Å². The number of pyridine rings is 1. The van der Waals surface area contributed by atoms with Gasteiger partial charge in [0.15, 0.2) is 0 Å². The van der Waals surface area contributed by atoms with Gasteiger partial charge in [-0.25, -0.2) is 0 Å². The minimum atomic E-state index is -0.0502. The van der Waals surface area contributed by atoms with Crippen LogP contribution < -0.4 is 5.32 Å². The minimum absolute atomic E-state index is 0.0502. The Morgan fingerprint density at radius 3 is 2.46 bits per heavy atom. The largest absolute Gasteiger partial charge is 0.351 e. The smallest absolute Gasteiger partial charge is 0.252 e. The van der Waals surface area contributed by atoms with Crippen LogP contribution in [0, 0.1) is 0 Å². The van der Waals surface area contributed by atoms with Crippen LogP contribution in [0.3, 0.4) is 0 Å². The molecule has 2 aromatic rings. The van der Waals surface area contributed by atoms with E-state index >= 15 is 0 Å². The van der Waals surface area contributed by atoms with E-state index in [0.717, 1.165) is 39.3 Å². The Bertz CT molecular complexity index is 624. The van der Waals surface area contributed by atoms with Crippen molar-refractivity contribution >= 4 is 5.91 Å². The lowest BCUT2D eigenvalue weighted by Crippen LogP contribution is -2.48. The van der Waals surface area contributed by atoms with Crippen molar-refractivity contribution in [3.63, 3.8) is 0 Å². The van der Waals surface area contributed by atoms with Gasteiger partial charge < -0.3 is 5.32 Å². The van der Waals surface area contributed by atoms with Crippen molar-refractivity contribution in [2.45, 2.75) is 6.54 Å². The Kier molecular flexibility index (Phi) is 5.93. The average Bonchev–Trinajstić information content (AvgIpc) is 2.65. The molecule has 1 amide bonds. The Balaban J connectivity index is 1.35. The van der Waals surface area contributed by atoms with Crippen molar-refractivity contribution in [1.82, 2.24) is 20.1 Å². The van der Waals surface area contributed by atoms with Crippen LogP contribution in [0.4, 0.5) is 0 Å². The fourth-order valence-corrected chi connectivity index (χ4v) is 2.94. The van der Waals surface area contributed by atoms with Gasteiger partial charge in [-0.15, -0.1) is 0 Å². The van der Waals surface area contributed by atoms with Gasteiger partial charge in [0.1, 0.15) is 0 Å². The maximum absolute atomic E-state index is 12.0. The standard InChI is InChI=1S/C19H24N4O/c24-19(18-7-4-8-20-15-18)21-9-10-22-11-13-23(14-12-22)16-17-5-2-1-3-6-17/h1-8,15H,9-14,16H2,(H,21,24). The molecule has 2 heterocycles. The van der Waals surface area contributed by atoms with E-state index < -0.39 is 0 Å². The fraction of sp³-hybridized carbons (Fsp3) is 0.368. The number of carbonyl (C=O) groups excluding carboxylic acids is 1. The van der Waals surface area contributed by atoms with Crippen LogP contribution in [-0.4, -0.2) is 60.0 Å². The SMILES string of the molecule is O=C(NCCN1CCN(Cc2ccccc2)CC1)c1cccnc1. The number of hydrogen-bond donors (Lipinski definition) is 1. The van der Waals surface area contributed by atoms with Crippen molar-refractivity contribution in [3.05, 3.63) is 66.0 Å². The van der Waals surface area contributed by atoms with Gasteiger partial charge in [0.05, 0.1) is 5.56 Å². The number of nitrogens with zero attached hydrogens (tertiary/aromatic N) is 3. The van der Waals surface area contributed by atoms with Crippen LogP contribution in [-0.2, 0) is 6.54 Å². The second-order valence-corrected chi connectivity index (χ2v) is 6.10. The third-order valence-corrected chi connectivity index (χ3v) is 4.35. The highest BCUT2D eigenvalue weighted by Crippen LogP contribution is 2.08. The zero-order valence-corrected chi connectivity index (χ0v) is 13.9. The molecule has 0 saturated carbocycles. The highest BCUT2D eigenvalue weighted by Gasteiger charge is 2.16. The summed E-state index contributed by atoms with van der Waals surface area (Å²) in [5, 5.41) is 2.96. The molecule has 1 aromatic carbocycles. The molecule has 0 atom stereocenters. The molecule has 126 valence electrons. The summed E-state index contributed by atoms with van der Waals surface area (Å²) in [5.74, 6) is -0.0502. The van der Waals surface area contributed by atoms with Gasteiger partial charge in [0, 0.05) is 58.2 Å². The van der Waals surface area contributed by atoms with E-state index in [1.54, 1.807) is 24.5 Å². The first kappa shape index (κ1) is 16.6. The molecule has 0 unspecified atom stereocenters. The molecule has 0 aliphatic carbocycles. The number of piperazine rings is 1.